The number of rotatable bonds is 15. The van der Waals surface area contributed by atoms with E-state index in [1.807, 2.05) is 106 Å². The largest absolute Gasteiger partial charge is 0.459 e. The van der Waals surface area contributed by atoms with Gasteiger partial charge in [-0.15, -0.1) is 0 Å². The van der Waals surface area contributed by atoms with Crippen LogP contribution in [0, 0.1) is 0 Å². The van der Waals surface area contributed by atoms with Crippen LogP contribution >= 0.6 is 0 Å². The lowest BCUT2D eigenvalue weighted by atomic mass is 9.96. The standard InChI is InChI=1S/C36H47NO7Si/c1-36(2,3)44-33(38)31(26-41-21-22-45(4,5)6)30-19-17-27(18-20-30)23-32(34(39)42-24-28-13-9-7-10-14-28)37-35(40)43-25-29-15-11-8-12-16-29/h7-20,31-32H,21-26H2,1-6H3,(H,37,40)/t31-,32+/m1/s1. The third-order valence-electron chi connectivity index (χ3n) is 6.81. The second kappa shape index (κ2) is 16.9. The predicted molar refractivity (Wildman–Crippen MR) is 177 cm³/mol. The monoisotopic (exact) mass is 633 g/mol. The molecule has 1 N–H and O–H groups in total. The number of ether oxygens (including phenoxy) is 4. The summed E-state index contributed by atoms with van der Waals surface area (Å²) in [7, 11) is -1.28. The van der Waals surface area contributed by atoms with Crippen LogP contribution in [0.5, 0.6) is 0 Å². The molecule has 242 valence electrons. The molecule has 0 unspecified atom stereocenters. The Labute approximate surface area is 268 Å². The second-order valence-electron chi connectivity index (χ2n) is 13.3. The molecular formula is C36H47NO7Si. The minimum atomic E-state index is -1.28. The molecule has 0 fully saturated rings. The predicted octanol–water partition coefficient (Wildman–Crippen LogP) is 7.05. The molecule has 1 amide bonds. The van der Waals surface area contributed by atoms with Gasteiger partial charge in [0, 0.05) is 21.1 Å². The first-order valence-electron chi connectivity index (χ1n) is 15.4. The van der Waals surface area contributed by atoms with Gasteiger partial charge in [-0.3, -0.25) is 4.79 Å². The Morgan fingerprint density at radius 1 is 0.733 bits per heavy atom. The van der Waals surface area contributed by atoms with E-state index in [0.717, 1.165) is 28.3 Å². The highest BCUT2D eigenvalue weighted by molar-refractivity contribution is 6.76. The number of esters is 2. The number of nitrogens with one attached hydrogen (secondary N) is 1. The number of alkyl carbamates (subject to hydrolysis) is 1. The third kappa shape index (κ3) is 13.7. The van der Waals surface area contributed by atoms with Crippen molar-refractivity contribution in [1.82, 2.24) is 5.32 Å². The van der Waals surface area contributed by atoms with Crippen molar-refractivity contribution in [3.05, 3.63) is 107 Å². The van der Waals surface area contributed by atoms with Gasteiger partial charge in [0.05, 0.1) is 6.61 Å². The highest BCUT2D eigenvalue weighted by atomic mass is 28.3. The van der Waals surface area contributed by atoms with E-state index >= 15 is 0 Å². The van der Waals surface area contributed by atoms with E-state index in [1.165, 1.54) is 0 Å². The molecule has 8 nitrogen and oxygen atoms in total. The van der Waals surface area contributed by atoms with Crippen molar-refractivity contribution in [3.8, 4) is 0 Å². The number of hydrogen-bond acceptors (Lipinski definition) is 7. The second-order valence-corrected chi connectivity index (χ2v) is 18.9. The summed E-state index contributed by atoms with van der Waals surface area (Å²) in [5.41, 5.74) is 2.55. The van der Waals surface area contributed by atoms with Crippen LogP contribution in [0.3, 0.4) is 0 Å². The Morgan fingerprint density at radius 2 is 1.29 bits per heavy atom. The van der Waals surface area contributed by atoms with Gasteiger partial charge in [-0.25, -0.2) is 9.59 Å². The van der Waals surface area contributed by atoms with E-state index < -0.39 is 37.7 Å². The maximum Gasteiger partial charge on any atom is 0.408 e. The fourth-order valence-electron chi connectivity index (χ4n) is 4.30. The molecule has 0 aliphatic rings. The van der Waals surface area contributed by atoms with Crippen LogP contribution in [0.25, 0.3) is 0 Å². The zero-order valence-electron chi connectivity index (χ0n) is 27.3. The van der Waals surface area contributed by atoms with E-state index in [4.69, 9.17) is 18.9 Å². The zero-order valence-corrected chi connectivity index (χ0v) is 28.3. The summed E-state index contributed by atoms with van der Waals surface area (Å²) in [5, 5.41) is 2.67. The molecule has 0 bridgehead atoms. The first-order chi connectivity index (χ1) is 21.3. The van der Waals surface area contributed by atoms with E-state index in [9.17, 15) is 14.4 Å². The molecule has 3 aromatic carbocycles. The van der Waals surface area contributed by atoms with Gasteiger partial charge in [-0.05, 0) is 49.1 Å². The molecular weight excluding hydrogens is 586 g/mol. The fourth-order valence-corrected chi connectivity index (χ4v) is 5.06. The molecule has 2 atom stereocenters. The quantitative estimate of drug-likeness (QED) is 0.0829. The summed E-state index contributed by atoms with van der Waals surface area (Å²) in [5.74, 6) is -1.53. The van der Waals surface area contributed by atoms with Crippen LogP contribution in [0.1, 0.15) is 48.9 Å². The average molecular weight is 634 g/mol. The van der Waals surface area contributed by atoms with Crippen LogP contribution in [0.15, 0.2) is 84.9 Å². The number of benzene rings is 3. The summed E-state index contributed by atoms with van der Waals surface area (Å²) in [6.45, 7) is 13.3. The maximum atomic E-state index is 13.2. The lowest BCUT2D eigenvalue weighted by Crippen LogP contribution is -2.43. The summed E-state index contributed by atoms with van der Waals surface area (Å²) in [4.78, 5) is 39.0. The smallest absolute Gasteiger partial charge is 0.408 e. The first-order valence-corrected chi connectivity index (χ1v) is 19.1. The van der Waals surface area contributed by atoms with Crippen molar-refractivity contribution < 1.29 is 33.3 Å². The first kappa shape index (κ1) is 35.5. The third-order valence-corrected chi connectivity index (χ3v) is 8.51. The van der Waals surface area contributed by atoms with Crippen LogP contribution in [0.2, 0.25) is 25.7 Å². The molecule has 0 radical (unpaired) electrons. The molecule has 0 saturated heterocycles. The van der Waals surface area contributed by atoms with Gasteiger partial charge < -0.3 is 24.3 Å². The molecule has 3 aromatic rings. The molecule has 3 rings (SSSR count). The van der Waals surface area contributed by atoms with Crippen molar-refractivity contribution in [2.45, 2.75) is 83.7 Å². The van der Waals surface area contributed by atoms with Gasteiger partial charge in [-0.2, -0.15) is 0 Å². The lowest BCUT2D eigenvalue weighted by molar-refractivity contribution is -0.158. The molecule has 0 aliphatic carbocycles. The van der Waals surface area contributed by atoms with E-state index in [-0.39, 0.29) is 32.2 Å². The van der Waals surface area contributed by atoms with Crippen molar-refractivity contribution in [3.63, 3.8) is 0 Å². The molecule has 45 heavy (non-hydrogen) atoms. The van der Waals surface area contributed by atoms with Crippen molar-refractivity contribution in [1.29, 1.82) is 0 Å². The van der Waals surface area contributed by atoms with Crippen molar-refractivity contribution in [2.24, 2.45) is 0 Å². The average Bonchev–Trinajstić information content (AvgIpc) is 2.98. The highest BCUT2D eigenvalue weighted by Crippen LogP contribution is 2.23. The van der Waals surface area contributed by atoms with Crippen LogP contribution in [-0.4, -0.2) is 51.0 Å². The van der Waals surface area contributed by atoms with Gasteiger partial charge in [0.1, 0.15) is 30.8 Å². The van der Waals surface area contributed by atoms with E-state index in [0.29, 0.717) is 6.61 Å². The Morgan fingerprint density at radius 3 is 1.82 bits per heavy atom. The fraction of sp³-hybridized carbons (Fsp3) is 0.417. The number of amides is 1. The summed E-state index contributed by atoms with van der Waals surface area (Å²) < 4.78 is 22.6. The highest BCUT2D eigenvalue weighted by Gasteiger charge is 2.28. The van der Waals surface area contributed by atoms with Crippen molar-refractivity contribution in [2.75, 3.05) is 13.2 Å². The molecule has 9 heteroatoms. The molecule has 0 aromatic heterocycles. The summed E-state index contributed by atoms with van der Waals surface area (Å²) >= 11 is 0. The SMILES string of the molecule is CC(C)(C)OC(=O)[C@H](COCC[Si](C)(C)C)c1ccc(C[C@H](NC(=O)OCc2ccccc2)C(=O)OCc2ccccc2)cc1. The van der Waals surface area contributed by atoms with Gasteiger partial charge in [0.2, 0.25) is 0 Å². The summed E-state index contributed by atoms with van der Waals surface area (Å²) in [6.07, 6.45) is -0.560. The van der Waals surface area contributed by atoms with Crippen LogP contribution in [-0.2, 0) is 48.2 Å². The summed E-state index contributed by atoms with van der Waals surface area (Å²) in [6, 6.07) is 26.0. The Bertz CT molecular complexity index is 1350. The van der Waals surface area contributed by atoms with Crippen molar-refractivity contribution >= 4 is 26.1 Å². The topological polar surface area (TPSA) is 100 Å². The van der Waals surface area contributed by atoms with E-state index in [1.54, 1.807) is 0 Å². The van der Waals surface area contributed by atoms with Crippen LogP contribution < -0.4 is 5.32 Å². The number of carbonyl (C=O) groups excluding carboxylic acids is 3. The minimum absolute atomic E-state index is 0.0687. The molecule has 0 heterocycles. The number of hydrogen-bond donors (Lipinski definition) is 1. The van der Waals surface area contributed by atoms with Gasteiger partial charge >= 0.3 is 18.0 Å². The van der Waals surface area contributed by atoms with Gasteiger partial charge in [0.15, 0.2) is 0 Å². The Hall–Kier alpha value is -3.95. The molecule has 0 spiro atoms. The Balaban J connectivity index is 1.72. The normalized spacial score (nSPS) is 12.9. The van der Waals surface area contributed by atoms with Gasteiger partial charge in [-0.1, -0.05) is 105 Å². The minimum Gasteiger partial charge on any atom is -0.459 e. The maximum absolute atomic E-state index is 13.2. The van der Waals surface area contributed by atoms with Crippen LogP contribution in [0.4, 0.5) is 4.79 Å². The zero-order chi connectivity index (χ0) is 32.9. The molecule has 0 aliphatic heterocycles. The van der Waals surface area contributed by atoms with E-state index in [2.05, 4.69) is 25.0 Å². The lowest BCUT2D eigenvalue weighted by Gasteiger charge is -2.25. The molecule has 0 saturated carbocycles. The Kier molecular flexibility index (Phi) is 13.4. The number of carbonyl (C=O) groups is 3. The van der Waals surface area contributed by atoms with Gasteiger partial charge in [0.25, 0.3) is 0 Å².